The minimum atomic E-state index is -1.53. The number of nitrogens with zero attached hydrogens (tertiary/aromatic N) is 1. The number of esters is 1. The first-order valence-corrected chi connectivity index (χ1v) is 9.87. The molecule has 0 spiro atoms. The van der Waals surface area contributed by atoms with Crippen molar-refractivity contribution in [1.82, 2.24) is 15.7 Å². The van der Waals surface area contributed by atoms with E-state index in [0.717, 1.165) is 5.56 Å². The number of aliphatic hydroxyl groups is 1. The van der Waals surface area contributed by atoms with Crippen LogP contribution in [0.1, 0.15) is 40.2 Å². The monoisotopic (exact) mass is 423 g/mol. The SMILES string of the molecule is CC(C)CN(CC(O)C(=O)OC(C)(C)C)C(=O)N[C@@H](Cc1ccccc1)C(=O)NO. The van der Waals surface area contributed by atoms with Crippen LogP contribution in [0.4, 0.5) is 4.79 Å². The van der Waals surface area contributed by atoms with E-state index in [-0.39, 0.29) is 25.4 Å². The molecule has 0 aliphatic heterocycles. The molecule has 0 radical (unpaired) electrons. The highest BCUT2D eigenvalue weighted by molar-refractivity contribution is 5.87. The smallest absolute Gasteiger partial charge is 0.337 e. The van der Waals surface area contributed by atoms with Crippen molar-refractivity contribution in [3.63, 3.8) is 0 Å². The first-order valence-electron chi connectivity index (χ1n) is 9.87. The lowest BCUT2D eigenvalue weighted by Gasteiger charge is -2.29. The minimum absolute atomic E-state index is 0.0424. The maximum absolute atomic E-state index is 12.8. The number of nitrogens with one attached hydrogen (secondary N) is 2. The Balaban J connectivity index is 2.90. The van der Waals surface area contributed by atoms with Crippen LogP contribution in [0.15, 0.2) is 30.3 Å². The molecule has 0 aliphatic rings. The van der Waals surface area contributed by atoms with Crippen molar-refractivity contribution in [3.8, 4) is 0 Å². The number of benzene rings is 1. The van der Waals surface area contributed by atoms with Crippen LogP contribution in [0.2, 0.25) is 0 Å². The van der Waals surface area contributed by atoms with E-state index in [4.69, 9.17) is 9.94 Å². The van der Waals surface area contributed by atoms with E-state index in [1.54, 1.807) is 50.5 Å². The average Bonchev–Trinajstić information content (AvgIpc) is 2.65. The van der Waals surface area contributed by atoms with Crippen LogP contribution in [-0.2, 0) is 20.7 Å². The van der Waals surface area contributed by atoms with E-state index < -0.39 is 35.7 Å². The first-order chi connectivity index (χ1) is 13.9. The van der Waals surface area contributed by atoms with E-state index in [1.165, 1.54) is 4.90 Å². The van der Waals surface area contributed by atoms with Crippen LogP contribution in [0.5, 0.6) is 0 Å². The van der Waals surface area contributed by atoms with Gasteiger partial charge in [-0.05, 0) is 32.3 Å². The van der Waals surface area contributed by atoms with Gasteiger partial charge in [-0.25, -0.2) is 15.1 Å². The summed E-state index contributed by atoms with van der Waals surface area (Å²) in [4.78, 5) is 38.2. The van der Waals surface area contributed by atoms with Gasteiger partial charge in [0.15, 0.2) is 6.10 Å². The second-order valence-corrected chi connectivity index (χ2v) is 8.52. The summed E-state index contributed by atoms with van der Waals surface area (Å²) in [5.74, 6) is -1.57. The van der Waals surface area contributed by atoms with Crippen molar-refractivity contribution >= 4 is 17.9 Å². The zero-order valence-corrected chi connectivity index (χ0v) is 18.2. The summed E-state index contributed by atoms with van der Waals surface area (Å²) >= 11 is 0. The van der Waals surface area contributed by atoms with Gasteiger partial charge in [0.25, 0.3) is 5.91 Å². The lowest BCUT2D eigenvalue weighted by atomic mass is 10.1. The molecule has 0 saturated carbocycles. The summed E-state index contributed by atoms with van der Waals surface area (Å²) in [5, 5.41) is 21.8. The Kier molecular flexibility index (Phi) is 9.74. The average molecular weight is 424 g/mol. The zero-order chi connectivity index (χ0) is 22.9. The van der Waals surface area contributed by atoms with Gasteiger partial charge in [0, 0.05) is 13.0 Å². The Hall–Kier alpha value is -2.65. The van der Waals surface area contributed by atoms with Crippen molar-refractivity contribution in [2.45, 2.75) is 58.8 Å². The molecule has 0 fully saturated rings. The highest BCUT2D eigenvalue weighted by atomic mass is 16.6. The number of amides is 3. The Bertz CT molecular complexity index is 702. The fourth-order valence-corrected chi connectivity index (χ4v) is 2.71. The van der Waals surface area contributed by atoms with Crippen LogP contribution in [-0.4, -0.2) is 64.0 Å². The summed E-state index contributed by atoms with van der Waals surface area (Å²) in [5.41, 5.74) is 1.57. The highest BCUT2D eigenvalue weighted by Gasteiger charge is 2.29. The Morgan fingerprint density at radius 3 is 2.20 bits per heavy atom. The predicted molar refractivity (Wildman–Crippen MR) is 111 cm³/mol. The standard InChI is InChI=1S/C21H33N3O6/c1-14(2)12-24(13-17(25)19(27)30-21(3,4)5)20(28)22-16(18(26)23-29)11-15-9-7-6-8-10-15/h6-10,14,16-17,25,29H,11-13H2,1-5H3,(H,22,28)(H,23,26)/t16-,17?/m0/s1. The lowest BCUT2D eigenvalue weighted by molar-refractivity contribution is -0.165. The summed E-state index contributed by atoms with van der Waals surface area (Å²) in [6.07, 6.45) is -1.38. The van der Waals surface area contributed by atoms with E-state index in [0.29, 0.717) is 0 Å². The summed E-state index contributed by atoms with van der Waals surface area (Å²) in [6.45, 7) is 8.74. The first kappa shape index (κ1) is 25.4. The van der Waals surface area contributed by atoms with Crippen LogP contribution < -0.4 is 10.8 Å². The maximum atomic E-state index is 12.8. The van der Waals surface area contributed by atoms with Crippen molar-refractivity contribution in [1.29, 1.82) is 0 Å². The second kappa shape index (κ2) is 11.5. The molecular formula is C21H33N3O6. The molecule has 9 heteroatoms. The van der Waals surface area contributed by atoms with Gasteiger partial charge in [0.2, 0.25) is 0 Å². The van der Waals surface area contributed by atoms with Gasteiger partial charge in [-0.1, -0.05) is 44.2 Å². The van der Waals surface area contributed by atoms with Crippen molar-refractivity contribution in [2.24, 2.45) is 5.92 Å². The number of aliphatic hydroxyl groups excluding tert-OH is 1. The largest absolute Gasteiger partial charge is 0.458 e. The van der Waals surface area contributed by atoms with Gasteiger partial charge >= 0.3 is 12.0 Å². The molecule has 3 amide bonds. The van der Waals surface area contributed by atoms with Gasteiger partial charge in [0.1, 0.15) is 11.6 Å². The summed E-state index contributed by atoms with van der Waals surface area (Å²) < 4.78 is 5.16. The van der Waals surface area contributed by atoms with Gasteiger partial charge in [-0.2, -0.15) is 0 Å². The third kappa shape index (κ3) is 9.23. The number of hydrogen-bond donors (Lipinski definition) is 4. The molecule has 1 aromatic rings. The predicted octanol–water partition coefficient (Wildman–Crippen LogP) is 1.47. The van der Waals surface area contributed by atoms with Crippen molar-refractivity contribution in [2.75, 3.05) is 13.1 Å². The van der Waals surface area contributed by atoms with Gasteiger partial charge in [-0.3, -0.25) is 10.0 Å². The molecule has 9 nitrogen and oxygen atoms in total. The van der Waals surface area contributed by atoms with E-state index in [2.05, 4.69) is 5.32 Å². The zero-order valence-electron chi connectivity index (χ0n) is 18.2. The topological polar surface area (TPSA) is 128 Å². The molecule has 2 atom stereocenters. The van der Waals surface area contributed by atoms with Gasteiger partial charge in [0.05, 0.1) is 6.54 Å². The number of hydrogen-bond acceptors (Lipinski definition) is 6. The van der Waals surface area contributed by atoms with Crippen LogP contribution >= 0.6 is 0 Å². The maximum Gasteiger partial charge on any atom is 0.337 e. The minimum Gasteiger partial charge on any atom is -0.458 e. The number of carbonyl (C=O) groups excluding carboxylic acids is 3. The molecule has 1 unspecified atom stereocenters. The molecule has 1 rings (SSSR count). The van der Waals surface area contributed by atoms with E-state index in [9.17, 15) is 19.5 Å². The number of carbonyl (C=O) groups is 3. The Labute approximate surface area is 177 Å². The summed E-state index contributed by atoms with van der Waals surface area (Å²) in [7, 11) is 0. The lowest BCUT2D eigenvalue weighted by Crippen LogP contribution is -2.54. The number of hydroxylamine groups is 1. The quantitative estimate of drug-likeness (QED) is 0.271. The van der Waals surface area contributed by atoms with Crippen LogP contribution in [0.3, 0.4) is 0 Å². The fourth-order valence-electron chi connectivity index (χ4n) is 2.71. The molecule has 4 N–H and O–H groups in total. The number of rotatable bonds is 9. The van der Waals surface area contributed by atoms with Gasteiger partial charge in [-0.15, -0.1) is 0 Å². The van der Waals surface area contributed by atoms with Gasteiger partial charge < -0.3 is 20.1 Å². The van der Waals surface area contributed by atoms with Crippen LogP contribution in [0, 0.1) is 5.92 Å². The molecule has 168 valence electrons. The molecular weight excluding hydrogens is 390 g/mol. The van der Waals surface area contributed by atoms with Crippen molar-refractivity contribution < 1.29 is 29.4 Å². The van der Waals surface area contributed by atoms with Crippen LogP contribution in [0.25, 0.3) is 0 Å². The normalized spacial score (nSPS) is 13.3. The molecule has 1 aromatic carbocycles. The molecule has 0 saturated heterocycles. The molecule has 0 aliphatic carbocycles. The highest BCUT2D eigenvalue weighted by Crippen LogP contribution is 2.11. The van der Waals surface area contributed by atoms with E-state index >= 15 is 0 Å². The third-order valence-electron chi connectivity index (χ3n) is 3.95. The third-order valence-corrected chi connectivity index (χ3v) is 3.95. The molecule has 0 heterocycles. The number of urea groups is 1. The Morgan fingerprint density at radius 1 is 1.10 bits per heavy atom. The second-order valence-electron chi connectivity index (χ2n) is 8.52. The molecule has 0 bridgehead atoms. The van der Waals surface area contributed by atoms with Crippen molar-refractivity contribution in [3.05, 3.63) is 35.9 Å². The van der Waals surface area contributed by atoms with E-state index in [1.807, 2.05) is 19.9 Å². The molecule has 30 heavy (non-hydrogen) atoms. The molecule has 0 aromatic heterocycles. The fraction of sp³-hybridized carbons (Fsp3) is 0.571. The number of ether oxygens (including phenoxy) is 1. The Morgan fingerprint density at radius 2 is 1.70 bits per heavy atom. The summed E-state index contributed by atoms with van der Waals surface area (Å²) in [6, 6.07) is 7.32.